The van der Waals surface area contributed by atoms with Crippen LogP contribution in [0.1, 0.15) is 25.7 Å². The van der Waals surface area contributed by atoms with E-state index in [9.17, 15) is 8.78 Å². The average molecular weight is 435 g/mol. The number of fused-ring (bicyclic) bond motifs is 1. The maximum atomic E-state index is 12.2. The van der Waals surface area contributed by atoms with Gasteiger partial charge in [-0.25, -0.2) is 15.0 Å². The van der Waals surface area contributed by atoms with Crippen LogP contribution in [0.5, 0.6) is 0 Å². The molecule has 3 N–H and O–H groups in total. The monoisotopic (exact) mass is 435 g/mol. The molecular formula is C14H16F2IN5O. The molecule has 2 aromatic rings. The van der Waals surface area contributed by atoms with Crippen molar-refractivity contribution in [3.8, 4) is 0 Å². The molecule has 0 spiro atoms. The van der Waals surface area contributed by atoms with Crippen LogP contribution < -0.4 is 11.1 Å². The highest BCUT2D eigenvalue weighted by Crippen LogP contribution is 2.26. The summed E-state index contributed by atoms with van der Waals surface area (Å²) < 4.78 is 29.9. The van der Waals surface area contributed by atoms with Gasteiger partial charge in [0.15, 0.2) is 0 Å². The van der Waals surface area contributed by atoms with E-state index in [-0.39, 0.29) is 12.1 Å². The van der Waals surface area contributed by atoms with Gasteiger partial charge in [0.25, 0.3) is 0 Å². The summed E-state index contributed by atoms with van der Waals surface area (Å²) in [4.78, 5) is 12.8. The highest BCUT2D eigenvalue weighted by atomic mass is 127. The van der Waals surface area contributed by atoms with E-state index in [0.717, 1.165) is 27.3 Å². The molecule has 0 bridgehead atoms. The van der Waals surface area contributed by atoms with E-state index < -0.39 is 6.61 Å². The van der Waals surface area contributed by atoms with Gasteiger partial charge >= 0.3 is 6.61 Å². The minimum absolute atomic E-state index is 0.154. The van der Waals surface area contributed by atoms with Gasteiger partial charge in [0.1, 0.15) is 5.82 Å². The molecule has 2 heterocycles. The molecule has 2 aromatic heterocycles. The number of nitrogens with two attached hydrogens (primary N) is 1. The number of alkyl halides is 2. The van der Waals surface area contributed by atoms with Crippen LogP contribution in [0.25, 0.3) is 10.9 Å². The molecule has 0 aliphatic heterocycles. The zero-order chi connectivity index (χ0) is 16.4. The first-order valence-electron chi connectivity index (χ1n) is 7.30. The van der Waals surface area contributed by atoms with Gasteiger partial charge in [0, 0.05) is 18.4 Å². The third-order valence-electron chi connectivity index (χ3n) is 3.91. The van der Waals surface area contributed by atoms with E-state index in [2.05, 4.69) is 47.6 Å². The Kier molecular flexibility index (Phi) is 5.05. The molecule has 0 atom stereocenters. The number of hydrogen-bond acceptors (Lipinski definition) is 6. The minimum atomic E-state index is -2.70. The summed E-state index contributed by atoms with van der Waals surface area (Å²) in [7, 11) is 0. The van der Waals surface area contributed by atoms with Gasteiger partial charge in [-0.3, -0.25) is 0 Å². The number of hydrogen-bond donors (Lipinski definition) is 2. The van der Waals surface area contributed by atoms with Crippen molar-refractivity contribution in [3.05, 3.63) is 16.0 Å². The van der Waals surface area contributed by atoms with E-state index in [1.165, 1.54) is 0 Å². The normalized spacial score (nSPS) is 21.7. The lowest BCUT2D eigenvalue weighted by Crippen LogP contribution is -2.31. The first kappa shape index (κ1) is 16.5. The molecule has 1 saturated carbocycles. The van der Waals surface area contributed by atoms with E-state index in [4.69, 9.17) is 5.73 Å². The quantitative estimate of drug-likeness (QED) is 0.718. The Bertz CT molecular complexity index is 694. The Hall–Kier alpha value is -1.36. The number of pyridine rings is 1. The van der Waals surface area contributed by atoms with Crippen molar-refractivity contribution >= 4 is 45.3 Å². The SMILES string of the molecule is Nc1ncc(I)c2nc(N[C@H]3CC[C@H](OC(F)F)CC3)ncc12. The van der Waals surface area contributed by atoms with Crippen molar-refractivity contribution in [2.45, 2.75) is 44.4 Å². The zero-order valence-corrected chi connectivity index (χ0v) is 14.3. The predicted molar refractivity (Wildman–Crippen MR) is 91.2 cm³/mol. The molecule has 0 unspecified atom stereocenters. The maximum absolute atomic E-state index is 12.2. The molecule has 0 amide bonds. The van der Waals surface area contributed by atoms with E-state index >= 15 is 0 Å². The third kappa shape index (κ3) is 3.94. The Morgan fingerprint density at radius 1 is 1.22 bits per heavy atom. The smallest absolute Gasteiger partial charge is 0.345 e. The van der Waals surface area contributed by atoms with Crippen molar-refractivity contribution in [3.63, 3.8) is 0 Å². The van der Waals surface area contributed by atoms with E-state index in [1.54, 1.807) is 12.4 Å². The zero-order valence-electron chi connectivity index (χ0n) is 12.2. The van der Waals surface area contributed by atoms with Gasteiger partial charge in [0.2, 0.25) is 5.95 Å². The van der Waals surface area contributed by atoms with Crippen LogP contribution in [-0.4, -0.2) is 33.7 Å². The summed E-state index contributed by atoms with van der Waals surface area (Å²) in [6, 6.07) is 0.154. The minimum Gasteiger partial charge on any atom is -0.383 e. The predicted octanol–water partition coefficient (Wildman–Crippen LogP) is 3.17. The molecule has 9 heteroatoms. The third-order valence-corrected chi connectivity index (χ3v) is 4.70. The Morgan fingerprint density at radius 3 is 2.65 bits per heavy atom. The number of nitrogen functional groups attached to an aromatic ring is 1. The molecular weight excluding hydrogens is 419 g/mol. The largest absolute Gasteiger partial charge is 0.383 e. The summed E-state index contributed by atoms with van der Waals surface area (Å²) in [5.41, 5.74) is 6.58. The standard InChI is InChI=1S/C14H16F2IN5O/c15-13(16)23-8-3-1-7(2-4-8)21-14-20-5-9-11(22-14)10(17)6-19-12(9)18/h5-8,13H,1-4H2,(H2,18,19)(H,20,21,22)/t7-,8-. The second-order valence-corrected chi connectivity index (χ2v) is 6.62. The van der Waals surface area contributed by atoms with Gasteiger partial charge < -0.3 is 15.8 Å². The van der Waals surface area contributed by atoms with Crippen LogP contribution in [0.3, 0.4) is 0 Å². The number of rotatable bonds is 4. The molecule has 6 nitrogen and oxygen atoms in total. The van der Waals surface area contributed by atoms with Gasteiger partial charge in [-0.2, -0.15) is 8.78 Å². The van der Waals surface area contributed by atoms with E-state index in [1.807, 2.05) is 0 Å². The van der Waals surface area contributed by atoms with Gasteiger partial charge in [-0.1, -0.05) is 0 Å². The van der Waals surface area contributed by atoms with Crippen LogP contribution >= 0.6 is 22.6 Å². The second kappa shape index (κ2) is 7.04. The van der Waals surface area contributed by atoms with Crippen molar-refractivity contribution in [2.24, 2.45) is 0 Å². The van der Waals surface area contributed by atoms with E-state index in [0.29, 0.717) is 24.6 Å². The molecule has 23 heavy (non-hydrogen) atoms. The Labute approximate surface area is 145 Å². The summed E-state index contributed by atoms with van der Waals surface area (Å²) in [5.74, 6) is 0.913. The number of nitrogens with one attached hydrogen (secondary N) is 1. The van der Waals surface area contributed by atoms with Crippen LogP contribution in [0.2, 0.25) is 0 Å². The fraction of sp³-hybridized carbons (Fsp3) is 0.500. The maximum Gasteiger partial charge on any atom is 0.345 e. The van der Waals surface area contributed by atoms with Crippen molar-refractivity contribution in [1.82, 2.24) is 15.0 Å². The fourth-order valence-electron chi connectivity index (χ4n) is 2.75. The summed E-state index contributed by atoms with van der Waals surface area (Å²) in [6.07, 6.45) is 5.65. The molecule has 0 radical (unpaired) electrons. The Balaban J connectivity index is 1.67. The average Bonchev–Trinajstić information content (AvgIpc) is 2.53. The molecule has 1 aliphatic carbocycles. The number of anilines is 2. The summed E-state index contributed by atoms with van der Waals surface area (Å²) >= 11 is 2.15. The number of aromatic nitrogens is 3. The van der Waals surface area contributed by atoms with Crippen LogP contribution in [0.4, 0.5) is 20.5 Å². The highest BCUT2D eigenvalue weighted by molar-refractivity contribution is 14.1. The van der Waals surface area contributed by atoms with Gasteiger partial charge in [-0.15, -0.1) is 0 Å². The first-order valence-corrected chi connectivity index (χ1v) is 8.37. The topological polar surface area (TPSA) is 86.0 Å². The number of nitrogens with zero attached hydrogens (tertiary/aromatic N) is 3. The molecule has 1 aliphatic rings. The lowest BCUT2D eigenvalue weighted by molar-refractivity contribution is -0.169. The lowest BCUT2D eigenvalue weighted by Gasteiger charge is -2.28. The lowest BCUT2D eigenvalue weighted by atomic mass is 9.93. The molecule has 1 fully saturated rings. The van der Waals surface area contributed by atoms with Gasteiger partial charge in [0.05, 0.1) is 20.6 Å². The molecule has 0 saturated heterocycles. The first-order chi connectivity index (χ1) is 11.0. The molecule has 124 valence electrons. The van der Waals surface area contributed by atoms with Crippen molar-refractivity contribution in [2.75, 3.05) is 11.1 Å². The molecule has 3 rings (SSSR count). The highest BCUT2D eigenvalue weighted by Gasteiger charge is 2.24. The van der Waals surface area contributed by atoms with Gasteiger partial charge in [-0.05, 0) is 48.3 Å². The van der Waals surface area contributed by atoms with Crippen LogP contribution in [0.15, 0.2) is 12.4 Å². The fourth-order valence-corrected chi connectivity index (χ4v) is 3.30. The molecule has 0 aromatic carbocycles. The summed E-state index contributed by atoms with van der Waals surface area (Å²) in [6.45, 7) is -2.70. The Morgan fingerprint density at radius 2 is 1.96 bits per heavy atom. The summed E-state index contributed by atoms with van der Waals surface area (Å²) in [5, 5.41) is 3.98. The van der Waals surface area contributed by atoms with Crippen molar-refractivity contribution < 1.29 is 13.5 Å². The van der Waals surface area contributed by atoms with Crippen LogP contribution in [0, 0.1) is 3.57 Å². The number of ether oxygens (including phenoxy) is 1. The van der Waals surface area contributed by atoms with Crippen LogP contribution in [-0.2, 0) is 4.74 Å². The number of halogens is 3. The second-order valence-electron chi connectivity index (χ2n) is 5.46. The van der Waals surface area contributed by atoms with Crippen molar-refractivity contribution in [1.29, 1.82) is 0 Å².